The van der Waals surface area contributed by atoms with Gasteiger partial charge in [-0.2, -0.15) is 0 Å². The van der Waals surface area contributed by atoms with Crippen molar-refractivity contribution >= 4 is 33.4 Å². The predicted octanol–water partition coefficient (Wildman–Crippen LogP) is 2.96. The van der Waals surface area contributed by atoms with Gasteiger partial charge in [0.25, 0.3) is 5.91 Å². The second kappa shape index (κ2) is 7.56. The van der Waals surface area contributed by atoms with Gasteiger partial charge in [0.15, 0.2) is 6.61 Å². The highest BCUT2D eigenvalue weighted by atomic mass is 79.9. The maximum Gasteiger partial charge on any atom is 0.260 e. The van der Waals surface area contributed by atoms with Crippen molar-refractivity contribution in [3.63, 3.8) is 0 Å². The van der Waals surface area contributed by atoms with Crippen molar-refractivity contribution in [2.24, 2.45) is 0 Å². The third-order valence-electron chi connectivity index (χ3n) is 2.25. The van der Waals surface area contributed by atoms with E-state index in [1.54, 1.807) is 29.2 Å². The standard InChI is InChI=1S/C12H15BrClNO2/c1-2-15(7-6-13)12(16)9-17-11-5-3-4-10(14)8-11/h3-5,8H,2,6-7,9H2,1H3. The fraction of sp³-hybridized carbons (Fsp3) is 0.417. The zero-order valence-electron chi connectivity index (χ0n) is 9.66. The molecule has 0 heterocycles. The van der Waals surface area contributed by atoms with Gasteiger partial charge >= 0.3 is 0 Å². The number of carbonyl (C=O) groups is 1. The van der Waals surface area contributed by atoms with E-state index in [1.165, 1.54) is 0 Å². The Kier molecular flexibility index (Phi) is 6.37. The van der Waals surface area contributed by atoms with E-state index >= 15 is 0 Å². The molecule has 1 aromatic carbocycles. The minimum absolute atomic E-state index is 0.0214. The molecule has 94 valence electrons. The van der Waals surface area contributed by atoms with Crippen LogP contribution in [0.2, 0.25) is 5.02 Å². The smallest absolute Gasteiger partial charge is 0.260 e. The summed E-state index contributed by atoms with van der Waals surface area (Å²) in [5.74, 6) is 0.590. The summed E-state index contributed by atoms with van der Waals surface area (Å²) in [4.78, 5) is 13.5. The zero-order valence-corrected chi connectivity index (χ0v) is 12.0. The molecular formula is C12H15BrClNO2. The largest absolute Gasteiger partial charge is 0.484 e. The number of carbonyl (C=O) groups excluding carboxylic acids is 1. The number of likely N-dealkylation sites (N-methyl/N-ethyl adjacent to an activating group) is 1. The molecule has 17 heavy (non-hydrogen) atoms. The highest BCUT2D eigenvalue weighted by Crippen LogP contribution is 2.17. The number of nitrogens with zero attached hydrogens (tertiary/aromatic N) is 1. The van der Waals surface area contributed by atoms with E-state index in [0.717, 1.165) is 5.33 Å². The Balaban J connectivity index is 2.47. The quantitative estimate of drug-likeness (QED) is 0.754. The lowest BCUT2D eigenvalue weighted by molar-refractivity contribution is -0.132. The van der Waals surface area contributed by atoms with E-state index in [-0.39, 0.29) is 12.5 Å². The molecule has 0 atom stereocenters. The molecule has 1 aromatic rings. The summed E-state index contributed by atoms with van der Waals surface area (Å²) in [6, 6.07) is 7.02. The second-order valence-corrected chi connectivity index (χ2v) is 4.64. The van der Waals surface area contributed by atoms with E-state index in [0.29, 0.717) is 23.9 Å². The molecule has 3 nitrogen and oxygen atoms in total. The van der Waals surface area contributed by atoms with E-state index < -0.39 is 0 Å². The fourth-order valence-corrected chi connectivity index (χ4v) is 1.96. The van der Waals surface area contributed by atoms with Crippen molar-refractivity contribution in [2.45, 2.75) is 6.92 Å². The number of hydrogen-bond donors (Lipinski definition) is 0. The average molecular weight is 321 g/mol. The molecule has 0 bridgehead atoms. The molecule has 0 aromatic heterocycles. The molecule has 5 heteroatoms. The van der Waals surface area contributed by atoms with Gasteiger partial charge < -0.3 is 9.64 Å². The molecule has 1 amide bonds. The number of halogens is 2. The molecule has 0 unspecified atom stereocenters. The van der Waals surface area contributed by atoms with Crippen LogP contribution in [0.15, 0.2) is 24.3 Å². The second-order valence-electron chi connectivity index (χ2n) is 3.41. The number of ether oxygens (including phenoxy) is 1. The van der Waals surface area contributed by atoms with Crippen LogP contribution in [-0.4, -0.2) is 35.8 Å². The molecule has 0 spiro atoms. The normalized spacial score (nSPS) is 10.1. The van der Waals surface area contributed by atoms with Gasteiger partial charge in [0.1, 0.15) is 5.75 Å². The monoisotopic (exact) mass is 319 g/mol. The first-order chi connectivity index (χ1) is 8.17. The van der Waals surface area contributed by atoms with Crippen LogP contribution < -0.4 is 4.74 Å². The van der Waals surface area contributed by atoms with Crippen molar-refractivity contribution in [3.05, 3.63) is 29.3 Å². The van der Waals surface area contributed by atoms with Crippen molar-refractivity contribution in [3.8, 4) is 5.75 Å². The van der Waals surface area contributed by atoms with Crippen LogP contribution in [-0.2, 0) is 4.79 Å². The maximum atomic E-state index is 11.8. The SMILES string of the molecule is CCN(CCBr)C(=O)COc1cccc(Cl)c1. The summed E-state index contributed by atoms with van der Waals surface area (Å²) in [6.07, 6.45) is 0. The van der Waals surface area contributed by atoms with Gasteiger partial charge in [-0.25, -0.2) is 0 Å². The Labute approximate surface area is 115 Å². The Morgan fingerprint density at radius 2 is 2.29 bits per heavy atom. The van der Waals surface area contributed by atoms with Gasteiger partial charge in [-0.15, -0.1) is 0 Å². The Morgan fingerprint density at radius 3 is 2.88 bits per heavy atom. The van der Waals surface area contributed by atoms with Crippen LogP contribution in [0.4, 0.5) is 0 Å². The summed E-state index contributed by atoms with van der Waals surface area (Å²) in [7, 11) is 0. The highest BCUT2D eigenvalue weighted by molar-refractivity contribution is 9.09. The first kappa shape index (κ1) is 14.3. The van der Waals surface area contributed by atoms with Gasteiger partial charge in [-0.3, -0.25) is 4.79 Å². The molecular weight excluding hydrogens is 305 g/mol. The summed E-state index contributed by atoms with van der Waals surface area (Å²) >= 11 is 9.13. The topological polar surface area (TPSA) is 29.5 Å². The molecule has 0 saturated carbocycles. The number of benzene rings is 1. The highest BCUT2D eigenvalue weighted by Gasteiger charge is 2.11. The summed E-state index contributed by atoms with van der Waals surface area (Å²) in [5, 5.41) is 1.37. The fourth-order valence-electron chi connectivity index (χ4n) is 1.35. The Hall–Kier alpha value is -0.740. The van der Waals surface area contributed by atoms with Crippen LogP contribution >= 0.6 is 27.5 Å². The third-order valence-corrected chi connectivity index (χ3v) is 2.84. The van der Waals surface area contributed by atoms with E-state index in [1.807, 2.05) is 6.92 Å². The van der Waals surface area contributed by atoms with Crippen LogP contribution in [0, 0.1) is 0 Å². The van der Waals surface area contributed by atoms with E-state index in [9.17, 15) is 4.79 Å². The number of rotatable bonds is 6. The molecule has 0 aliphatic rings. The van der Waals surface area contributed by atoms with E-state index in [2.05, 4.69) is 15.9 Å². The Morgan fingerprint density at radius 1 is 1.53 bits per heavy atom. The van der Waals surface area contributed by atoms with E-state index in [4.69, 9.17) is 16.3 Å². The number of hydrogen-bond acceptors (Lipinski definition) is 2. The first-order valence-electron chi connectivity index (χ1n) is 5.39. The minimum atomic E-state index is -0.0214. The lowest BCUT2D eigenvalue weighted by Crippen LogP contribution is -2.36. The molecule has 0 aliphatic heterocycles. The van der Waals surface area contributed by atoms with Gasteiger partial charge in [0.2, 0.25) is 0 Å². The lowest BCUT2D eigenvalue weighted by atomic mass is 10.3. The average Bonchev–Trinajstić information content (AvgIpc) is 2.33. The summed E-state index contributed by atoms with van der Waals surface area (Å²) in [6.45, 7) is 3.36. The zero-order chi connectivity index (χ0) is 12.7. The number of alkyl halides is 1. The van der Waals surface area contributed by atoms with Crippen molar-refractivity contribution in [1.82, 2.24) is 4.90 Å². The molecule has 0 aliphatic carbocycles. The predicted molar refractivity (Wildman–Crippen MR) is 73.0 cm³/mol. The summed E-state index contributed by atoms with van der Waals surface area (Å²) in [5.41, 5.74) is 0. The van der Waals surface area contributed by atoms with Crippen LogP contribution in [0.3, 0.4) is 0 Å². The van der Waals surface area contributed by atoms with Gasteiger partial charge in [-0.1, -0.05) is 33.6 Å². The van der Waals surface area contributed by atoms with Gasteiger partial charge in [-0.05, 0) is 25.1 Å². The van der Waals surface area contributed by atoms with Crippen molar-refractivity contribution in [1.29, 1.82) is 0 Å². The lowest BCUT2D eigenvalue weighted by Gasteiger charge is -2.19. The Bertz CT molecular complexity index is 373. The first-order valence-corrected chi connectivity index (χ1v) is 6.89. The minimum Gasteiger partial charge on any atom is -0.484 e. The molecule has 0 fully saturated rings. The summed E-state index contributed by atoms with van der Waals surface area (Å²) < 4.78 is 5.39. The van der Waals surface area contributed by atoms with Crippen LogP contribution in [0.1, 0.15) is 6.92 Å². The van der Waals surface area contributed by atoms with Crippen LogP contribution in [0.5, 0.6) is 5.75 Å². The maximum absolute atomic E-state index is 11.8. The molecule has 0 N–H and O–H groups in total. The van der Waals surface area contributed by atoms with Crippen LogP contribution in [0.25, 0.3) is 0 Å². The molecule has 1 rings (SSSR count). The third kappa shape index (κ3) is 4.96. The number of amides is 1. The van der Waals surface area contributed by atoms with Gasteiger partial charge in [0, 0.05) is 23.4 Å². The van der Waals surface area contributed by atoms with Gasteiger partial charge in [0.05, 0.1) is 0 Å². The van der Waals surface area contributed by atoms with Crippen molar-refractivity contribution in [2.75, 3.05) is 25.0 Å². The molecule has 0 saturated heterocycles. The van der Waals surface area contributed by atoms with Crippen molar-refractivity contribution < 1.29 is 9.53 Å². The molecule has 0 radical (unpaired) electrons.